The van der Waals surface area contributed by atoms with Crippen molar-refractivity contribution in [1.82, 2.24) is 5.43 Å². The molecule has 0 aromatic carbocycles. The van der Waals surface area contributed by atoms with Gasteiger partial charge in [-0.2, -0.15) is 0 Å². The van der Waals surface area contributed by atoms with E-state index >= 15 is 0 Å². The quantitative estimate of drug-likeness (QED) is 0.307. The van der Waals surface area contributed by atoms with E-state index in [4.69, 9.17) is 5.84 Å². The fourth-order valence-electron chi connectivity index (χ4n) is 2.44. The van der Waals surface area contributed by atoms with Crippen LogP contribution in [0.2, 0.25) is 0 Å². The van der Waals surface area contributed by atoms with Crippen LogP contribution in [-0.2, 0) is 0 Å². The van der Waals surface area contributed by atoms with E-state index < -0.39 is 0 Å². The fraction of sp³-hybridized carbons (Fsp3) is 0.833. The molecule has 1 fully saturated rings. The first kappa shape index (κ1) is 11.7. The summed E-state index contributed by atoms with van der Waals surface area (Å²) in [6.07, 6.45) is 12.7. The average molecular weight is 196 g/mol. The Morgan fingerprint density at radius 3 is 2.43 bits per heavy atom. The second kappa shape index (κ2) is 7.02. The highest BCUT2D eigenvalue weighted by molar-refractivity contribution is 4.79. The van der Waals surface area contributed by atoms with E-state index in [9.17, 15) is 0 Å². The maximum Gasteiger partial charge on any atom is 0.0247 e. The van der Waals surface area contributed by atoms with Gasteiger partial charge in [0.1, 0.15) is 0 Å². The molecule has 1 aliphatic carbocycles. The maximum absolute atomic E-state index is 5.52. The Hall–Kier alpha value is -0.340. The van der Waals surface area contributed by atoms with Crippen molar-refractivity contribution in [1.29, 1.82) is 0 Å². The summed E-state index contributed by atoms with van der Waals surface area (Å²) in [4.78, 5) is 0. The molecule has 0 heterocycles. The van der Waals surface area contributed by atoms with Crippen LogP contribution in [0.3, 0.4) is 0 Å². The first-order valence-electron chi connectivity index (χ1n) is 5.94. The summed E-state index contributed by atoms with van der Waals surface area (Å²) in [5.41, 5.74) is 2.90. The van der Waals surface area contributed by atoms with Crippen molar-refractivity contribution in [2.24, 2.45) is 11.8 Å². The molecule has 14 heavy (non-hydrogen) atoms. The third kappa shape index (κ3) is 4.25. The van der Waals surface area contributed by atoms with E-state index in [1.54, 1.807) is 0 Å². The van der Waals surface area contributed by atoms with Crippen molar-refractivity contribution in [3.63, 3.8) is 0 Å². The summed E-state index contributed by atoms with van der Waals surface area (Å²) in [5.74, 6) is 6.40. The molecule has 0 saturated heterocycles. The van der Waals surface area contributed by atoms with E-state index in [1.807, 2.05) is 6.08 Å². The van der Waals surface area contributed by atoms with Gasteiger partial charge in [-0.05, 0) is 18.8 Å². The van der Waals surface area contributed by atoms with Gasteiger partial charge in [-0.15, -0.1) is 6.58 Å². The summed E-state index contributed by atoms with van der Waals surface area (Å²) < 4.78 is 0. The Balaban J connectivity index is 2.27. The molecule has 1 aliphatic rings. The molecule has 2 nitrogen and oxygen atoms in total. The first-order valence-corrected chi connectivity index (χ1v) is 5.94. The molecule has 0 spiro atoms. The number of nitrogens with one attached hydrogen (secondary N) is 1. The minimum atomic E-state index is 0.440. The van der Waals surface area contributed by atoms with Crippen molar-refractivity contribution < 1.29 is 0 Å². The highest BCUT2D eigenvalue weighted by atomic mass is 15.2. The lowest BCUT2D eigenvalue weighted by molar-refractivity contribution is 0.355. The van der Waals surface area contributed by atoms with E-state index in [2.05, 4.69) is 12.0 Å². The number of rotatable bonds is 5. The van der Waals surface area contributed by atoms with Gasteiger partial charge in [0.25, 0.3) is 0 Å². The van der Waals surface area contributed by atoms with Crippen LogP contribution in [0.1, 0.15) is 51.4 Å². The SMILES string of the molecule is C=CCC(CC1CCCCCC1)NN. The normalized spacial score (nSPS) is 21.5. The highest BCUT2D eigenvalue weighted by Gasteiger charge is 2.16. The Kier molecular flexibility index (Phi) is 5.88. The molecule has 82 valence electrons. The van der Waals surface area contributed by atoms with Crippen molar-refractivity contribution in [2.45, 2.75) is 57.4 Å². The summed E-state index contributed by atoms with van der Waals surface area (Å²) in [7, 11) is 0. The van der Waals surface area contributed by atoms with E-state index in [0.717, 1.165) is 12.3 Å². The van der Waals surface area contributed by atoms with Gasteiger partial charge in [-0.3, -0.25) is 11.3 Å². The van der Waals surface area contributed by atoms with Crippen molar-refractivity contribution in [3.8, 4) is 0 Å². The molecule has 1 unspecified atom stereocenters. The Bertz CT molecular complexity index is 148. The average Bonchev–Trinajstić information content (AvgIpc) is 2.45. The van der Waals surface area contributed by atoms with Crippen molar-refractivity contribution in [3.05, 3.63) is 12.7 Å². The summed E-state index contributed by atoms with van der Waals surface area (Å²) in [5, 5.41) is 0. The van der Waals surface area contributed by atoms with E-state index in [1.165, 1.54) is 44.9 Å². The lowest BCUT2D eigenvalue weighted by Gasteiger charge is -2.20. The van der Waals surface area contributed by atoms with Crippen LogP contribution < -0.4 is 11.3 Å². The fourth-order valence-corrected chi connectivity index (χ4v) is 2.44. The van der Waals surface area contributed by atoms with Gasteiger partial charge < -0.3 is 0 Å². The molecule has 3 N–H and O–H groups in total. The minimum absolute atomic E-state index is 0.440. The maximum atomic E-state index is 5.52. The van der Waals surface area contributed by atoms with Gasteiger partial charge in [-0.25, -0.2) is 0 Å². The van der Waals surface area contributed by atoms with Gasteiger partial charge in [0.05, 0.1) is 0 Å². The molecule has 0 amide bonds. The summed E-state index contributed by atoms with van der Waals surface area (Å²) in [6.45, 7) is 3.76. The number of hydrogen-bond acceptors (Lipinski definition) is 2. The summed E-state index contributed by atoms with van der Waals surface area (Å²) >= 11 is 0. The molecule has 0 bridgehead atoms. The molecule has 0 aromatic rings. The predicted octanol–water partition coefficient (Wildman–Crippen LogP) is 2.75. The number of hydrogen-bond donors (Lipinski definition) is 2. The minimum Gasteiger partial charge on any atom is -0.271 e. The lowest BCUT2D eigenvalue weighted by atomic mass is 9.91. The standard InChI is InChI=1S/C12H24N2/c1-2-7-12(14-13)10-11-8-5-3-4-6-9-11/h2,11-12,14H,1,3-10,13H2. The molecular weight excluding hydrogens is 172 g/mol. The van der Waals surface area contributed by atoms with Crippen LogP contribution in [0.15, 0.2) is 12.7 Å². The lowest BCUT2D eigenvalue weighted by Crippen LogP contribution is -2.36. The Morgan fingerprint density at radius 1 is 1.29 bits per heavy atom. The Morgan fingerprint density at radius 2 is 1.93 bits per heavy atom. The van der Waals surface area contributed by atoms with Gasteiger partial charge in [0.15, 0.2) is 0 Å². The van der Waals surface area contributed by atoms with Gasteiger partial charge in [0, 0.05) is 6.04 Å². The van der Waals surface area contributed by atoms with E-state index in [-0.39, 0.29) is 0 Å². The summed E-state index contributed by atoms with van der Waals surface area (Å²) in [6, 6.07) is 0.440. The topological polar surface area (TPSA) is 38.0 Å². The van der Waals surface area contributed by atoms with E-state index in [0.29, 0.717) is 6.04 Å². The molecule has 1 rings (SSSR count). The van der Waals surface area contributed by atoms with Crippen LogP contribution in [0.25, 0.3) is 0 Å². The van der Waals surface area contributed by atoms with Crippen molar-refractivity contribution in [2.75, 3.05) is 0 Å². The molecule has 0 aliphatic heterocycles. The molecule has 1 atom stereocenters. The molecular formula is C12H24N2. The third-order valence-corrected chi connectivity index (χ3v) is 3.28. The zero-order valence-corrected chi connectivity index (χ0v) is 9.17. The molecule has 1 saturated carbocycles. The van der Waals surface area contributed by atoms with Crippen LogP contribution in [0, 0.1) is 5.92 Å². The van der Waals surface area contributed by atoms with Gasteiger partial charge in [0.2, 0.25) is 0 Å². The van der Waals surface area contributed by atoms with Crippen LogP contribution >= 0.6 is 0 Å². The molecule has 0 radical (unpaired) electrons. The first-order chi connectivity index (χ1) is 6.86. The largest absolute Gasteiger partial charge is 0.271 e. The van der Waals surface area contributed by atoms with Gasteiger partial charge >= 0.3 is 0 Å². The zero-order valence-electron chi connectivity index (χ0n) is 9.17. The second-order valence-corrected chi connectivity index (χ2v) is 4.48. The van der Waals surface area contributed by atoms with Gasteiger partial charge in [-0.1, -0.05) is 44.6 Å². The van der Waals surface area contributed by atoms with Crippen molar-refractivity contribution >= 4 is 0 Å². The monoisotopic (exact) mass is 196 g/mol. The highest BCUT2D eigenvalue weighted by Crippen LogP contribution is 2.26. The third-order valence-electron chi connectivity index (χ3n) is 3.28. The van der Waals surface area contributed by atoms with Crippen LogP contribution in [-0.4, -0.2) is 6.04 Å². The Labute approximate surface area is 87.9 Å². The zero-order chi connectivity index (χ0) is 10.2. The molecule has 0 aromatic heterocycles. The smallest absolute Gasteiger partial charge is 0.0247 e. The number of hydrazine groups is 1. The second-order valence-electron chi connectivity index (χ2n) is 4.48. The predicted molar refractivity (Wildman–Crippen MR) is 61.7 cm³/mol. The number of nitrogens with two attached hydrogens (primary N) is 1. The van der Waals surface area contributed by atoms with Crippen LogP contribution in [0.5, 0.6) is 0 Å². The van der Waals surface area contributed by atoms with Crippen LogP contribution in [0.4, 0.5) is 0 Å². The molecule has 2 heteroatoms.